The molecule has 0 aromatic carbocycles. The third-order valence-electron chi connectivity index (χ3n) is 4.72. The van der Waals surface area contributed by atoms with Crippen LogP contribution in [0.5, 0.6) is 0 Å². The van der Waals surface area contributed by atoms with Crippen molar-refractivity contribution in [2.75, 3.05) is 45.1 Å². The summed E-state index contributed by atoms with van der Waals surface area (Å²) in [4.78, 5) is 18.6. The molecule has 5 nitrogen and oxygen atoms in total. The zero-order chi connectivity index (χ0) is 14.5. The highest BCUT2D eigenvalue weighted by molar-refractivity contribution is 8.13. The van der Waals surface area contributed by atoms with Gasteiger partial charge in [0, 0.05) is 38.4 Å². The number of rotatable bonds is 3. The van der Waals surface area contributed by atoms with Crippen LogP contribution < -0.4 is 5.32 Å². The normalized spacial score (nSPS) is 25.0. The Morgan fingerprint density at radius 1 is 1.33 bits per heavy atom. The molecule has 0 radical (unpaired) electrons. The van der Waals surface area contributed by atoms with Crippen LogP contribution in [0, 0.1) is 5.41 Å². The number of amidine groups is 1. The summed E-state index contributed by atoms with van der Waals surface area (Å²) in [5, 5.41) is 4.36. The number of ether oxygens (including phenoxy) is 1. The van der Waals surface area contributed by atoms with E-state index in [4.69, 9.17) is 9.73 Å². The highest BCUT2D eigenvalue weighted by atomic mass is 32.2. The minimum atomic E-state index is 0.222. The van der Waals surface area contributed by atoms with Crippen molar-refractivity contribution in [1.29, 1.82) is 0 Å². The second-order valence-corrected chi connectivity index (χ2v) is 7.25. The highest BCUT2D eigenvalue weighted by Crippen LogP contribution is 2.43. The van der Waals surface area contributed by atoms with E-state index in [1.165, 1.54) is 31.4 Å². The molecule has 0 unspecified atom stereocenters. The average Bonchev–Trinajstić information content (AvgIpc) is 2.98. The molecule has 0 aromatic heterocycles. The van der Waals surface area contributed by atoms with Crippen molar-refractivity contribution in [1.82, 2.24) is 10.2 Å². The van der Waals surface area contributed by atoms with E-state index in [1.54, 1.807) is 0 Å². The summed E-state index contributed by atoms with van der Waals surface area (Å²) in [6.07, 6.45) is 5.96. The van der Waals surface area contributed by atoms with Gasteiger partial charge in [0.15, 0.2) is 5.17 Å². The minimum absolute atomic E-state index is 0.222. The van der Waals surface area contributed by atoms with Crippen molar-refractivity contribution in [3.8, 4) is 0 Å². The quantitative estimate of drug-likeness (QED) is 0.858. The average molecular weight is 311 g/mol. The van der Waals surface area contributed by atoms with E-state index in [1.807, 2.05) is 16.7 Å². The molecule has 118 valence electrons. The molecule has 3 aliphatic rings. The number of morpholine rings is 1. The van der Waals surface area contributed by atoms with Crippen LogP contribution in [0.25, 0.3) is 0 Å². The van der Waals surface area contributed by atoms with Crippen LogP contribution in [0.3, 0.4) is 0 Å². The summed E-state index contributed by atoms with van der Waals surface area (Å²) in [6.45, 7) is 4.47. The lowest BCUT2D eigenvalue weighted by atomic mass is 9.89. The van der Waals surface area contributed by atoms with Crippen molar-refractivity contribution in [2.24, 2.45) is 10.4 Å². The van der Waals surface area contributed by atoms with Gasteiger partial charge in [-0.15, -0.1) is 0 Å². The molecule has 6 heteroatoms. The van der Waals surface area contributed by atoms with Crippen LogP contribution in [0.2, 0.25) is 0 Å². The number of carbonyl (C=O) groups excluding carboxylic acids is 1. The minimum Gasteiger partial charge on any atom is -0.378 e. The Hall–Kier alpha value is -0.750. The predicted octanol–water partition coefficient (Wildman–Crippen LogP) is 1.49. The lowest BCUT2D eigenvalue weighted by Gasteiger charge is -2.31. The van der Waals surface area contributed by atoms with Gasteiger partial charge >= 0.3 is 0 Å². The van der Waals surface area contributed by atoms with Crippen molar-refractivity contribution < 1.29 is 9.53 Å². The Morgan fingerprint density at radius 3 is 2.76 bits per heavy atom. The van der Waals surface area contributed by atoms with E-state index in [9.17, 15) is 4.79 Å². The molecule has 3 rings (SSSR count). The first-order valence-corrected chi connectivity index (χ1v) is 9.03. The topological polar surface area (TPSA) is 53.9 Å². The lowest BCUT2D eigenvalue weighted by molar-refractivity contribution is -0.135. The van der Waals surface area contributed by atoms with Crippen LogP contribution in [0.15, 0.2) is 4.99 Å². The SMILES string of the molecule is O=C(CCNC1=NCC2(CCCC2)CS1)N1CCOCC1. The summed E-state index contributed by atoms with van der Waals surface area (Å²) < 4.78 is 5.26. The number of amides is 1. The van der Waals surface area contributed by atoms with Gasteiger partial charge in [0.05, 0.1) is 13.2 Å². The first-order chi connectivity index (χ1) is 10.3. The third kappa shape index (κ3) is 3.92. The number of hydrogen-bond acceptors (Lipinski definition) is 5. The lowest BCUT2D eigenvalue weighted by Crippen LogP contribution is -2.42. The molecular formula is C15H25N3O2S. The fourth-order valence-corrected chi connectivity index (χ4v) is 4.52. The van der Waals surface area contributed by atoms with Gasteiger partial charge < -0.3 is 15.0 Å². The fraction of sp³-hybridized carbons (Fsp3) is 0.867. The molecule has 0 atom stereocenters. The molecule has 1 spiro atoms. The molecule has 1 saturated carbocycles. The van der Waals surface area contributed by atoms with Crippen LogP contribution in [0.4, 0.5) is 0 Å². The van der Waals surface area contributed by atoms with Gasteiger partial charge in [-0.25, -0.2) is 0 Å². The van der Waals surface area contributed by atoms with E-state index in [2.05, 4.69) is 5.32 Å². The van der Waals surface area contributed by atoms with Crippen LogP contribution >= 0.6 is 11.8 Å². The Labute approximate surface area is 130 Å². The van der Waals surface area contributed by atoms with Crippen LogP contribution in [-0.4, -0.2) is 61.1 Å². The maximum atomic E-state index is 12.0. The summed E-state index contributed by atoms with van der Waals surface area (Å²) >= 11 is 1.84. The van der Waals surface area contributed by atoms with E-state index in [-0.39, 0.29) is 5.91 Å². The maximum absolute atomic E-state index is 12.0. The molecule has 21 heavy (non-hydrogen) atoms. The molecule has 2 aliphatic heterocycles. The number of hydrogen-bond donors (Lipinski definition) is 1. The monoisotopic (exact) mass is 311 g/mol. The molecule has 1 aliphatic carbocycles. The molecule has 0 aromatic rings. The van der Waals surface area contributed by atoms with Gasteiger partial charge in [0.1, 0.15) is 0 Å². The zero-order valence-corrected chi connectivity index (χ0v) is 13.4. The van der Waals surface area contributed by atoms with Gasteiger partial charge in [-0.2, -0.15) is 0 Å². The predicted molar refractivity (Wildman–Crippen MR) is 85.7 cm³/mol. The number of nitrogens with zero attached hydrogens (tertiary/aromatic N) is 2. The summed E-state index contributed by atoms with van der Waals surface area (Å²) in [6, 6.07) is 0. The van der Waals surface area contributed by atoms with E-state index in [0.717, 1.165) is 24.8 Å². The number of carbonyl (C=O) groups is 1. The Morgan fingerprint density at radius 2 is 2.10 bits per heavy atom. The van der Waals surface area contributed by atoms with Crippen molar-refractivity contribution in [2.45, 2.75) is 32.1 Å². The fourth-order valence-electron chi connectivity index (χ4n) is 3.33. The summed E-state index contributed by atoms with van der Waals surface area (Å²) in [5.41, 5.74) is 0.486. The first kappa shape index (κ1) is 15.2. The molecule has 0 bridgehead atoms. The smallest absolute Gasteiger partial charge is 0.224 e. The Kier molecular flexibility index (Phi) is 5.06. The number of aliphatic imine (C=N–C) groups is 1. The van der Waals surface area contributed by atoms with Crippen molar-refractivity contribution in [3.05, 3.63) is 0 Å². The van der Waals surface area contributed by atoms with Crippen LogP contribution in [-0.2, 0) is 9.53 Å². The molecule has 2 fully saturated rings. The van der Waals surface area contributed by atoms with Gasteiger partial charge in [0.2, 0.25) is 5.91 Å². The van der Waals surface area contributed by atoms with Gasteiger partial charge in [0.25, 0.3) is 0 Å². The second kappa shape index (κ2) is 7.01. The summed E-state index contributed by atoms with van der Waals surface area (Å²) in [5.74, 6) is 1.41. The van der Waals surface area contributed by atoms with Gasteiger partial charge in [-0.3, -0.25) is 9.79 Å². The Balaban J connectivity index is 1.37. The van der Waals surface area contributed by atoms with Gasteiger partial charge in [-0.05, 0) is 18.3 Å². The second-order valence-electron chi connectivity index (χ2n) is 6.29. The summed E-state index contributed by atoms with van der Waals surface area (Å²) in [7, 11) is 0. The first-order valence-electron chi connectivity index (χ1n) is 8.04. The molecule has 2 heterocycles. The number of nitrogens with one attached hydrogen (secondary N) is 1. The van der Waals surface area contributed by atoms with E-state index >= 15 is 0 Å². The van der Waals surface area contributed by atoms with Crippen LogP contribution in [0.1, 0.15) is 32.1 Å². The largest absolute Gasteiger partial charge is 0.378 e. The van der Waals surface area contributed by atoms with Crippen molar-refractivity contribution >= 4 is 22.8 Å². The maximum Gasteiger partial charge on any atom is 0.224 e. The van der Waals surface area contributed by atoms with Gasteiger partial charge in [-0.1, -0.05) is 24.6 Å². The molecule has 1 amide bonds. The highest BCUT2D eigenvalue weighted by Gasteiger charge is 2.36. The van der Waals surface area contributed by atoms with E-state index in [0.29, 0.717) is 31.6 Å². The molecular weight excluding hydrogens is 286 g/mol. The Bertz CT molecular complexity index is 402. The third-order valence-corrected chi connectivity index (χ3v) is 6.02. The van der Waals surface area contributed by atoms with Crippen molar-refractivity contribution in [3.63, 3.8) is 0 Å². The zero-order valence-electron chi connectivity index (χ0n) is 12.6. The van der Waals surface area contributed by atoms with E-state index < -0.39 is 0 Å². The molecule has 1 saturated heterocycles. The standard InChI is InChI=1S/C15H25N3O2S/c19-13(18-7-9-20-10-8-18)3-6-16-14-17-11-15(12-21-14)4-1-2-5-15/h1-12H2,(H,16,17). The number of thioether (sulfide) groups is 1. The molecule has 1 N–H and O–H groups in total.